The Morgan fingerprint density at radius 1 is 1.19 bits per heavy atom. The van der Waals surface area contributed by atoms with Crippen LogP contribution in [0.4, 0.5) is 0 Å². The third kappa shape index (κ3) is 2.25. The van der Waals surface area contributed by atoms with Crippen molar-refractivity contribution in [3.05, 3.63) is 46.8 Å². The molecule has 16 heavy (non-hydrogen) atoms. The number of hydrogen-bond donors (Lipinski definition) is 1. The highest BCUT2D eigenvalue weighted by Gasteiger charge is 2.07. The van der Waals surface area contributed by atoms with Crippen LogP contribution in [0, 0.1) is 0 Å². The monoisotopic (exact) mass is 278 g/mol. The van der Waals surface area contributed by atoms with Gasteiger partial charge in [0.25, 0.3) is 0 Å². The van der Waals surface area contributed by atoms with Gasteiger partial charge in [0.1, 0.15) is 6.33 Å². The molecular formula is C11H7BrN2O2. The molecule has 0 bridgehead atoms. The summed E-state index contributed by atoms with van der Waals surface area (Å²) in [5.41, 5.74) is 1.45. The molecule has 1 heterocycles. The van der Waals surface area contributed by atoms with Crippen LogP contribution in [-0.2, 0) is 0 Å². The molecule has 0 fully saturated rings. The van der Waals surface area contributed by atoms with Crippen LogP contribution in [0.3, 0.4) is 0 Å². The molecule has 1 aromatic heterocycles. The molecule has 0 amide bonds. The third-order valence-corrected chi connectivity index (χ3v) is 2.55. The molecule has 0 aliphatic rings. The normalized spacial score (nSPS) is 10.1. The van der Waals surface area contributed by atoms with Crippen molar-refractivity contribution >= 4 is 21.9 Å². The number of benzene rings is 1. The summed E-state index contributed by atoms with van der Waals surface area (Å²) < 4.78 is 0.962. The SMILES string of the molecule is O=C(O)c1cc(-c2ccc(Br)cc2)ncn1. The second-order valence-electron chi connectivity index (χ2n) is 3.10. The van der Waals surface area contributed by atoms with Crippen molar-refractivity contribution in [1.82, 2.24) is 9.97 Å². The molecule has 0 aliphatic carbocycles. The zero-order chi connectivity index (χ0) is 11.5. The fourth-order valence-electron chi connectivity index (χ4n) is 1.25. The van der Waals surface area contributed by atoms with E-state index in [9.17, 15) is 4.79 Å². The molecular weight excluding hydrogens is 272 g/mol. The van der Waals surface area contributed by atoms with Gasteiger partial charge in [0.15, 0.2) is 5.69 Å². The molecule has 1 N–H and O–H groups in total. The highest BCUT2D eigenvalue weighted by Crippen LogP contribution is 2.19. The fourth-order valence-corrected chi connectivity index (χ4v) is 1.52. The van der Waals surface area contributed by atoms with Crippen molar-refractivity contribution in [2.75, 3.05) is 0 Å². The van der Waals surface area contributed by atoms with E-state index in [1.54, 1.807) is 0 Å². The zero-order valence-electron chi connectivity index (χ0n) is 8.09. The van der Waals surface area contributed by atoms with Gasteiger partial charge in [-0.05, 0) is 18.2 Å². The summed E-state index contributed by atoms with van der Waals surface area (Å²) >= 11 is 3.33. The highest BCUT2D eigenvalue weighted by molar-refractivity contribution is 9.10. The summed E-state index contributed by atoms with van der Waals surface area (Å²) in [4.78, 5) is 18.4. The van der Waals surface area contributed by atoms with Gasteiger partial charge >= 0.3 is 5.97 Å². The van der Waals surface area contributed by atoms with E-state index in [2.05, 4.69) is 25.9 Å². The highest BCUT2D eigenvalue weighted by atomic mass is 79.9. The van der Waals surface area contributed by atoms with Gasteiger partial charge in [-0.2, -0.15) is 0 Å². The number of carboxylic acids is 1. The lowest BCUT2D eigenvalue weighted by atomic mass is 10.1. The lowest BCUT2D eigenvalue weighted by molar-refractivity contribution is 0.0690. The summed E-state index contributed by atoms with van der Waals surface area (Å²) in [6.45, 7) is 0. The van der Waals surface area contributed by atoms with Crippen molar-refractivity contribution in [2.45, 2.75) is 0 Å². The first-order valence-electron chi connectivity index (χ1n) is 4.48. The Morgan fingerprint density at radius 3 is 2.50 bits per heavy atom. The predicted molar refractivity (Wildman–Crippen MR) is 62.1 cm³/mol. The second kappa shape index (κ2) is 4.40. The molecule has 0 unspecified atom stereocenters. The lowest BCUT2D eigenvalue weighted by Gasteiger charge is -2.01. The summed E-state index contributed by atoms with van der Waals surface area (Å²) in [7, 11) is 0. The standard InChI is InChI=1S/C11H7BrN2O2/c12-8-3-1-7(2-4-8)9-5-10(11(15)16)14-6-13-9/h1-6H,(H,15,16). The number of carbonyl (C=O) groups is 1. The van der Waals surface area contributed by atoms with Gasteiger partial charge in [0, 0.05) is 10.0 Å². The van der Waals surface area contributed by atoms with Crippen molar-refractivity contribution in [3.63, 3.8) is 0 Å². The van der Waals surface area contributed by atoms with Crippen LogP contribution < -0.4 is 0 Å². The number of carboxylic acid groups (broad SMARTS) is 1. The van der Waals surface area contributed by atoms with Crippen LogP contribution in [0.5, 0.6) is 0 Å². The van der Waals surface area contributed by atoms with Gasteiger partial charge in [0.05, 0.1) is 5.69 Å². The minimum Gasteiger partial charge on any atom is -0.477 e. The van der Waals surface area contributed by atoms with Crippen molar-refractivity contribution in [2.24, 2.45) is 0 Å². The Morgan fingerprint density at radius 2 is 1.88 bits per heavy atom. The number of aromatic carboxylic acids is 1. The maximum absolute atomic E-state index is 10.7. The minimum absolute atomic E-state index is 0.00656. The van der Waals surface area contributed by atoms with Crippen molar-refractivity contribution in [3.8, 4) is 11.3 Å². The van der Waals surface area contributed by atoms with E-state index in [0.717, 1.165) is 10.0 Å². The van der Waals surface area contributed by atoms with E-state index in [1.807, 2.05) is 24.3 Å². The quantitative estimate of drug-likeness (QED) is 0.917. The van der Waals surface area contributed by atoms with Gasteiger partial charge in [0.2, 0.25) is 0 Å². The van der Waals surface area contributed by atoms with Crippen LogP contribution in [0.2, 0.25) is 0 Å². The molecule has 0 saturated heterocycles. The van der Waals surface area contributed by atoms with Crippen molar-refractivity contribution < 1.29 is 9.90 Å². The minimum atomic E-state index is -1.05. The molecule has 0 atom stereocenters. The molecule has 0 radical (unpaired) electrons. The van der Waals surface area contributed by atoms with E-state index >= 15 is 0 Å². The van der Waals surface area contributed by atoms with Crippen LogP contribution in [0.15, 0.2) is 41.1 Å². The largest absolute Gasteiger partial charge is 0.477 e. The molecule has 2 rings (SSSR count). The molecule has 5 heteroatoms. The molecule has 4 nitrogen and oxygen atoms in total. The Balaban J connectivity index is 2.44. The summed E-state index contributed by atoms with van der Waals surface area (Å²) in [6, 6.07) is 8.91. The first kappa shape index (κ1) is 10.8. The average molecular weight is 279 g/mol. The van der Waals surface area contributed by atoms with Crippen molar-refractivity contribution in [1.29, 1.82) is 0 Å². The van der Waals surface area contributed by atoms with E-state index < -0.39 is 5.97 Å². The van der Waals surface area contributed by atoms with Crippen LogP contribution in [0.25, 0.3) is 11.3 Å². The van der Waals surface area contributed by atoms with Gasteiger partial charge < -0.3 is 5.11 Å². The van der Waals surface area contributed by atoms with Crippen LogP contribution >= 0.6 is 15.9 Å². The van der Waals surface area contributed by atoms with Gasteiger partial charge in [-0.1, -0.05) is 28.1 Å². The van der Waals surface area contributed by atoms with E-state index in [-0.39, 0.29) is 5.69 Å². The molecule has 1 aromatic carbocycles. The number of halogens is 1. The average Bonchev–Trinajstić information content (AvgIpc) is 2.30. The zero-order valence-corrected chi connectivity index (χ0v) is 9.68. The summed E-state index contributed by atoms with van der Waals surface area (Å²) in [5.74, 6) is -1.05. The molecule has 0 spiro atoms. The van der Waals surface area contributed by atoms with E-state index in [4.69, 9.17) is 5.11 Å². The van der Waals surface area contributed by atoms with Gasteiger partial charge in [-0.25, -0.2) is 14.8 Å². The Bertz CT molecular complexity index is 526. The number of rotatable bonds is 2. The molecule has 2 aromatic rings. The van der Waals surface area contributed by atoms with E-state index in [0.29, 0.717) is 5.69 Å². The molecule has 80 valence electrons. The third-order valence-electron chi connectivity index (χ3n) is 2.03. The number of nitrogens with zero attached hydrogens (tertiary/aromatic N) is 2. The van der Waals surface area contributed by atoms with Crippen LogP contribution in [-0.4, -0.2) is 21.0 Å². The first-order chi connectivity index (χ1) is 7.66. The van der Waals surface area contributed by atoms with Crippen LogP contribution in [0.1, 0.15) is 10.5 Å². The molecule has 0 saturated carbocycles. The maximum Gasteiger partial charge on any atom is 0.354 e. The summed E-state index contributed by atoms with van der Waals surface area (Å²) in [6.07, 6.45) is 1.25. The first-order valence-corrected chi connectivity index (χ1v) is 5.27. The maximum atomic E-state index is 10.7. The molecule has 0 aliphatic heterocycles. The smallest absolute Gasteiger partial charge is 0.354 e. The predicted octanol–water partition coefficient (Wildman–Crippen LogP) is 2.60. The second-order valence-corrected chi connectivity index (χ2v) is 4.02. The lowest BCUT2D eigenvalue weighted by Crippen LogP contribution is -2.01. The van der Waals surface area contributed by atoms with Gasteiger partial charge in [-0.15, -0.1) is 0 Å². The Labute approximate surface area is 100 Å². The van der Waals surface area contributed by atoms with E-state index in [1.165, 1.54) is 12.4 Å². The summed E-state index contributed by atoms with van der Waals surface area (Å²) in [5, 5.41) is 8.80. The Hall–Kier alpha value is -1.75. The number of hydrogen-bond acceptors (Lipinski definition) is 3. The number of aromatic nitrogens is 2. The topological polar surface area (TPSA) is 63.1 Å². The fraction of sp³-hybridized carbons (Fsp3) is 0. The van der Waals surface area contributed by atoms with Gasteiger partial charge in [-0.3, -0.25) is 0 Å². The Kier molecular flexibility index (Phi) is 2.96.